The van der Waals surface area contributed by atoms with E-state index in [4.69, 9.17) is 10.1 Å². The number of rotatable bonds is 3. The van der Waals surface area contributed by atoms with Crippen LogP contribution in [-0.2, 0) is 13.6 Å². The molecule has 0 atom stereocenters. The van der Waals surface area contributed by atoms with Gasteiger partial charge < -0.3 is 0 Å². The van der Waals surface area contributed by atoms with Crippen LogP contribution in [-0.4, -0.2) is 22.5 Å². The molecule has 124 valence electrons. The zero-order chi connectivity index (χ0) is 17.1. The minimum absolute atomic E-state index is 1.15. The number of hydrogen-bond acceptors (Lipinski definition) is 2. The summed E-state index contributed by atoms with van der Waals surface area (Å²) < 4.78 is 64.7. The van der Waals surface area contributed by atoms with Gasteiger partial charge in [0.2, 0.25) is 6.33 Å². The third-order valence-electron chi connectivity index (χ3n) is 1.80. The van der Waals surface area contributed by atoms with Crippen LogP contribution in [0.25, 0.3) is 0 Å². The lowest BCUT2D eigenvalue weighted by atomic mass is 10.3. The average molecular weight is 324 g/mol. The predicted octanol–water partition coefficient (Wildman–Crippen LogP) is 3.07. The van der Waals surface area contributed by atoms with Gasteiger partial charge in [-0.2, -0.15) is 13.2 Å². The van der Waals surface area contributed by atoms with Gasteiger partial charge in [-0.15, -0.1) is 13.2 Å². The molecule has 0 saturated carbocycles. The Morgan fingerprint density at radius 2 is 1.76 bits per heavy atom. The third-order valence-corrected chi connectivity index (χ3v) is 1.80. The van der Waals surface area contributed by atoms with Gasteiger partial charge in [-0.25, -0.2) is 9.13 Å². The Balaban J connectivity index is 0. The van der Waals surface area contributed by atoms with Crippen molar-refractivity contribution in [1.29, 1.82) is 0 Å². The smallest absolute Gasteiger partial charge is 0.257 e. The molecule has 0 saturated heterocycles. The maximum atomic E-state index is 10.5. The van der Waals surface area contributed by atoms with Crippen LogP contribution >= 0.6 is 0 Å². The molecule has 0 fully saturated rings. The lowest BCUT2D eigenvalue weighted by Gasteiger charge is -1.90. The summed E-state index contributed by atoms with van der Waals surface area (Å²) in [6.07, 6.45) is 3.54. The zero-order valence-electron chi connectivity index (χ0n) is 11.4. The minimum atomic E-state index is -5.28. The summed E-state index contributed by atoms with van der Waals surface area (Å²) in [4.78, 5) is 6.39. The number of unbranched alkanes of at least 4 members (excludes halogenated alkanes) is 1. The summed E-state index contributed by atoms with van der Waals surface area (Å²) >= 11 is 0. The molecular weight excluding hydrogens is 308 g/mol. The van der Waals surface area contributed by atoms with Crippen molar-refractivity contribution in [2.75, 3.05) is 0 Å². The Morgan fingerprint density at radius 3 is 2.00 bits per heavy atom. The Kier molecular flexibility index (Phi) is 11.2. The first-order valence-corrected chi connectivity index (χ1v) is 5.65. The lowest BCUT2D eigenvalue weighted by molar-refractivity contribution is -0.683. The molecule has 21 heavy (non-hydrogen) atoms. The molecule has 1 heterocycles. The van der Waals surface area contributed by atoms with Gasteiger partial charge in [0.05, 0.1) is 13.6 Å². The molecule has 5 nitrogen and oxygen atoms in total. The summed E-state index contributed by atoms with van der Waals surface area (Å²) in [5.74, 6) is 0. The Bertz CT molecular complexity index is 392. The molecule has 11 heteroatoms. The fraction of sp³-hybridized carbons (Fsp3) is 0.700. The molecule has 0 aliphatic carbocycles. The molecule has 0 amide bonds. The van der Waals surface area contributed by atoms with E-state index >= 15 is 0 Å². The van der Waals surface area contributed by atoms with Crippen LogP contribution in [0.4, 0.5) is 26.3 Å². The van der Waals surface area contributed by atoms with E-state index in [1.807, 2.05) is 7.05 Å². The van der Waals surface area contributed by atoms with Gasteiger partial charge in [-0.3, -0.25) is 10.1 Å². The molecule has 0 radical (unpaired) electrons. The highest BCUT2D eigenvalue weighted by molar-refractivity contribution is 4.65. The molecule has 0 aliphatic rings. The van der Waals surface area contributed by atoms with Crippen molar-refractivity contribution in [3.05, 3.63) is 28.8 Å². The molecule has 1 aromatic heterocycles. The summed E-state index contributed by atoms with van der Waals surface area (Å²) in [6.45, 7) is -0.305. The Hall–Kier alpha value is -1.81. The van der Waals surface area contributed by atoms with E-state index in [0.29, 0.717) is 0 Å². The van der Waals surface area contributed by atoms with Crippen LogP contribution in [0.1, 0.15) is 19.8 Å². The summed E-state index contributed by atoms with van der Waals surface area (Å²) in [7, 11) is 2.04. The van der Waals surface area contributed by atoms with Crippen molar-refractivity contribution in [2.45, 2.75) is 39.3 Å². The maximum Gasteiger partial charge on any atom is 0.688 e. The van der Waals surface area contributed by atoms with Crippen molar-refractivity contribution >= 4 is 0 Å². The van der Waals surface area contributed by atoms with Crippen LogP contribution in [0.15, 0.2) is 18.7 Å². The summed E-state index contributed by atoms with van der Waals surface area (Å²) in [5.41, 5.74) is 0. The second-order valence-corrected chi connectivity index (χ2v) is 3.64. The summed E-state index contributed by atoms with van der Waals surface area (Å²) in [6, 6.07) is 0. The van der Waals surface area contributed by atoms with Crippen molar-refractivity contribution in [3.8, 4) is 0 Å². The van der Waals surface area contributed by atoms with Crippen LogP contribution in [0, 0.1) is 10.1 Å². The predicted molar refractivity (Wildman–Crippen MR) is 60.7 cm³/mol. The standard InChI is InChI=1S/C8H15N2.CF3NO2.CHF3/c1-3-4-5-10-7-6-9(2)8-10;2-1(3,4)5(6)7;2-1(3)4/h6-8H,3-5H2,1-2H3;;1H/q+1;;. The van der Waals surface area contributed by atoms with Gasteiger partial charge in [0.15, 0.2) is 0 Å². The number of halogens is 6. The van der Waals surface area contributed by atoms with E-state index < -0.39 is 17.9 Å². The molecule has 1 aromatic rings. The van der Waals surface area contributed by atoms with Gasteiger partial charge in [0.25, 0.3) is 0 Å². The highest BCUT2D eigenvalue weighted by Crippen LogP contribution is 2.13. The largest absolute Gasteiger partial charge is 0.688 e. The van der Waals surface area contributed by atoms with Gasteiger partial charge >= 0.3 is 13.0 Å². The van der Waals surface area contributed by atoms with Gasteiger partial charge in [-0.1, -0.05) is 13.3 Å². The molecular formula is C10H16F6N3O2+. The first-order chi connectivity index (χ1) is 9.50. The van der Waals surface area contributed by atoms with E-state index in [2.05, 4.69) is 34.8 Å². The number of alkyl halides is 6. The van der Waals surface area contributed by atoms with E-state index in [1.165, 1.54) is 12.8 Å². The molecule has 0 spiro atoms. The SMILES string of the molecule is CCCCn1cc[n+](C)c1.FC(F)F.O=[N+]([O-])C(F)(F)F. The van der Waals surface area contributed by atoms with Crippen molar-refractivity contribution < 1.29 is 35.8 Å². The minimum Gasteiger partial charge on any atom is -0.257 e. The molecule has 0 N–H and O–H groups in total. The number of imidazole rings is 1. The first-order valence-electron chi connectivity index (χ1n) is 5.65. The third kappa shape index (κ3) is 16.1. The first kappa shape index (κ1) is 21.5. The van der Waals surface area contributed by atoms with Crippen LogP contribution in [0.3, 0.4) is 0 Å². The molecule has 0 unspecified atom stereocenters. The van der Waals surface area contributed by atoms with E-state index in [1.54, 1.807) is 0 Å². The lowest BCUT2D eigenvalue weighted by Crippen LogP contribution is -2.23. The Morgan fingerprint density at radius 1 is 1.33 bits per heavy atom. The zero-order valence-corrected chi connectivity index (χ0v) is 11.4. The second kappa shape index (κ2) is 10.9. The molecule has 1 rings (SSSR count). The molecule has 0 aromatic carbocycles. The molecule has 0 bridgehead atoms. The summed E-state index contributed by atoms with van der Waals surface area (Å²) in [5, 5.41) is 8.70. The van der Waals surface area contributed by atoms with Crippen molar-refractivity contribution in [2.24, 2.45) is 7.05 Å². The number of hydrogen-bond donors (Lipinski definition) is 0. The number of aryl methyl sites for hydroxylation is 2. The quantitative estimate of drug-likeness (QED) is 0.282. The number of nitrogens with zero attached hydrogens (tertiary/aromatic N) is 3. The Labute approximate surface area is 116 Å². The molecule has 0 aliphatic heterocycles. The van der Waals surface area contributed by atoms with E-state index in [0.717, 1.165) is 6.54 Å². The highest BCUT2D eigenvalue weighted by atomic mass is 19.4. The van der Waals surface area contributed by atoms with Crippen LogP contribution < -0.4 is 4.57 Å². The maximum absolute atomic E-state index is 10.5. The monoisotopic (exact) mass is 324 g/mol. The van der Waals surface area contributed by atoms with Gasteiger partial charge in [-0.05, 0) is 6.42 Å². The van der Waals surface area contributed by atoms with E-state index in [-0.39, 0.29) is 0 Å². The van der Waals surface area contributed by atoms with E-state index in [9.17, 15) is 26.3 Å². The van der Waals surface area contributed by atoms with Gasteiger partial charge in [0, 0.05) is 0 Å². The van der Waals surface area contributed by atoms with Crippen LogP contribution in [0.5, 0.6) is 0 Å². The number of aromatic nitrogens is 2. The van der Waals surface area contributed by atoms with Crippen molar-refractivity contribution in [3.63, 3.8) is 0 Å². The fourth-order valence-corrected chi connectivity index (χ4v) is 0.975. The van der Waals surface area contributed by atoms with Crippen molar-refractivity contribution in [1.82, 2.24) is 4.57 Å². The fourth-order valence-electron chi connectivity index (χ4n) is 0.975. The number of nitro groups is 1. The highest BCUT2D eigenvalue weighted by Gasteiger charge is 2.44. The van der Waals surface area contributed by atoms with Gasteiger partial charge in [0.1, 0.15) is 17.3 Å². The normalized spacial score (nSPS) is 10.3. The topological polar surface area (TPSA) is 52.0 Å². The average Bonchev–Trinajstić information content (AvgIpc) is 2.71. The van der Waals surface area contributed by atoms with Crippen LogP contribution in [0.2, 0.25) is 0 Å². The second-order valence-electron chi connectivity index (χ2n) is 3.64.